The summed E-state index contributed by atoms with van der Waals surface area (Å²) in [4.78, 5) is 23.9. The largest absolute Gasteiger partial charge is 0.467 e. The standard InChI is InChI=1S/C28H25F5N6O2S/c1-5-38(14-8-12(2)39(11-14)13(3)40)26-16-9-18(28(31,32)33)21(22(30)23(16)36-27(37-26)41-4)15-6-7-19(29)24-20(15)17(10-34)25(35)42-24/h6-7,9,12,14H,5,8,11,35H2,1-4H3. The molecule has 2 unspecified atom stereocenters. The molecule has 2 N–H and O–H groups in total. The van der Waals surface area contributed by atoms with E-state index in [0.717, 1.165) is 18.2 Å². The average Bonchev–Trinajstić information content (AvgIpc) is 3.49. The molecular formula is C28H25F5N6O2S. The number of carbonyl (C=O) groups is 1. The van der Waals surface area contributed by atoms with Gasteiger partial charge in [0.05, 0.1) is 22.9 Å². The highest BCUT2D eigenvalue weighted by Gasteiger charge is 2.40. The first kappa shape index (κ1) is 29.2. The summed E-state index contributed by atoms with van der Waals surface area (Å²) in [6, 6.07) is 3.75. The smallest absolute Gasteiger partial charge is 0.417 e. The topological polar surface area (TPSA) is 108 Å². The lowest BCUT2D eigenvalue weighted by molar-refractivity contribution is -0.137. The number of nitrogen functional groups attached to an aromatic ring is 1. The van der Waals surface area contributed by atoms with Gasteiger partial charge < -0.3 is 20.3 Å². The third kappa shape index (κ3) is 4.61. The van der Waals surface area contributed by atoms with E-state index in [1.807, 2.05) is 6.92 Å². The van der Waals surface area contributed by atoms with Crippen LogP contribution in [0.15, 0.2) is 18.2 Å². The number of halogens is 5. The Balaban J connectivity index is 1.85. The summed E-state index contributed by atoms with van der Waals surface area (Å²) in [5, 5.41) is 9.13. The number of anilines is 2. The van der Waals surface area contributed by atoms with Crippen LogP contribution >= 0.6 is 11.3 Å². The van der Waals surface area contributed by atoms with Crippen LogP contribution in [0.1, 0.15) is 38.3 Å². The molecule has 3 heterocycles. The fourth-order valence-corrected chi connectivity index (χ4v) is 6.69. The van der Waals surface area contributed by atoms with Crippen LogP contribution in [0, 0.1) is 23.0 Å². The van der Waals surface area contributed by atoms with Crippen molar-refractivity contribution in [3.63, 3.8) is 0 Å². The summed E-state index contributed by atoms with van der Waals surface area (Å²) >= 11 is 0.690. The minimum atomic E-state index is -5.07. The summed E-state index contributed by atoms with van der Waals surface area (Å²) in [6.45, 7) is 5.67. The van der Waals surface area contributed by atoms with Crippen molar-refractivity contribution in [2.24, 2.45) is 0 Å². The number of aromatic nitrogens is 2. The first-order valence-corrected chi connectivity index (χ1v) is 13.7. The van der Waals surface area contributed by atoms with Gasteiger partial charge in [-0.3, -0.25) is 4.79 Å². The molecule has 8 nitrogen and oxygen atoms in total. The van der Waals surface area contributed by atoms with E-state index >= 15 is 4.39 Å². The van der Waals surface area contributed by atoms with Gasteiger partial charge in [-0.25, -0.2) is 8.78 Å². The monoisotopic (exact) mass is 604 g/mol. The van der Waals surface area contributed by atoms with Gasteiger partial charge in [-0.2, -0.15) is 28.4 Å². The van der Waals surface area contributed by atoms with Crippen LogP contribution in [0.5, 0.6) is 6.01 Å². The van der Waals surface area contributed by atoms with E-state index in [1.165, 1.54) is 14.0 Å². The van der Waals surface area contributed by atoms with Crippen molar-refractivity contribution in [3.05, 3.63) is 41.0 Å². The van der Waals surface area contributed by atoms with Gasteiger partial charge in [0, 0.05) is 48.4 Å². The summed E-state index contributed by atoms with van der Waals surface area (Å²) in [7, 11) is 1.25. The maximum absolute atomic E-state index is 16.6. The highest BCUT2D eigenvalue weighted by molar-refractivity contribution is 7.23. The molecule has 0 aliphatic carbocycles. The number of nitriles is 1. The molecule has 1 fully saturated rings. The Morgan fingerprint density at radius 1 is 1.31 bits per heavy atom. The number of nitrogens with two attached hydrogens (primary N) is 1. The SMILES string of the molecule is CCN(c1nc(OC)nc2c(F)c(-c3ccc(F)c4sc(N)c(C#N)c34)c(C(F)(F)F)cc12)C1CC(C)N(C(C)=O)C1. The van der Waals surface area contributed by atoms with Crippen molar-refractivity contribution < 1.29 is 31.5 Å². The van der Waals surface area contributed by atoms with Crippen LogP contribution in [0.3, 0.4) is 0 Å². The van der Waals surface area contributed by atoms with E-state index in [2.05, 4.69) is 9.97 Å². The lowest BCUT2D eigenvalue weighted by Crippen LogP contribution is -2.39. The number of alkyl halides is 3. The third-order valence-electron chi connectivity index (χ3n) is 7.59. The van der Waals surface area contributed by atoms with E-state index in [-0.39, 0.29) is 68.0 Å². The van der Waals surface area contributed by atoms with Crippen molar-refractivity contribution >= 4 is 49.1 Å². The predicted octanol–water partition coefficient (Wildman–Crippen LogP) is 6.11. The van der Waals surface area contributed by atoms with Gasteiger partial charge in [0.1, 0.15) is 28.2 Å². The van der Waals surface area contributed by atoms with Crippen LogP contribution in [-0.4, -0.2) is 53.1 Å². The van der Waals surface area contributed by atoms with E-state index in [9.17, 15) is 27.6 Å². The Hall–Kier alpha value is -4.25. The lowest BCUT2D eigenvalue weighted by atomic mass is 9.92. The average molecular weight is 605 g/mol. The summed E-state index contributed by atoms with van der Waals surface area (Å²) in [6.07, 6.45) is -4.56. The maximum Gasteiger partial charge on any atom is 0.417 e. The van der Waals surface area contributed by atoms with Crippen molar-refractivity contribution in [1.82, 2.24) is 14.9 Å². The number of hydrogen-bond donors (Lipinski definition) is 1. The highest BCUT2D eigenvalue weighted by atomic mass is 32.1. The molecule has 42 heavy (non-hydrogen) atoms. The van der Waals surface area contributed by atoms with E-state index in [4.69, 9.17) is 10.5 Å². The second kappa shape index (κ2) is 10.5. The maximum atomic E-state index is 16.6. The summed E-state index contributed by atoms with van der Waals surface area (Å²) < 4.78 is 80.4. The van der Waals surface area contributed by atoms with Crippen molar-refractivity contribution in [2.45, 2.75) is 45.5 Å². The number of ether oxygens (including phenoxy) is 1. The molecule has 1 aliphatic heterocycles. The van der Waals surface area contributed by atoms with Gasteiger partial charge in [0.25, 0.3) is 0 Å². The van der Waals surface area contributed by atoms with Crippen LogP contribution in [-0.2, 0) is 11.0 Å². The second-order valence-corrected chi connectivity index (χ2v) is 11.0. The zero-order valence-corrected chi connectivity index (χ0v) is 23.8. The molecule has 1 saturated heterocycles. The number of rotatable bonds is 5. The fourth-order valence-electron chi connectivity index (χ4n) is 5.74. The zero-order chi connectivity index (χ0) is 30.7. The molecule has 2 aromatic heterocycles. The van der Waals surface area contributed by atoms with E-state index in [1.54, 1.807) is 22.8 Å². The number of carbonyl (C=O) groups excluding carboxylic acids is 1. The summed E-state index contributed by atoms with van der Waals surface area (Å²) in [5.74, 6) is -2.28. The predicted molar refractivity (Wildman–Crippen MR) is 149 cm³/mol. The number of benzene rings is 2. The molecule has 0 radical (unpaired) electrons. The third-order valence-corrected chi connectivity index (χ3v) is 8.62. The number of likely N-dealkylation sites (tertiary alicyclic amines) is 1. The summed E-state index contributed by atoms with van der Waals surface area (Å²) in [5.41, 5.74) is 2.57. The van der Waals surface area contributed by atoms with Gasteiger partial charge in [-0.1, -0.05) is 6.07 Å². The number of nitrogens with zero attached hydrogens (tertiary/aromatic N) is 5. The minimum Gasteiger partial charge on any atom is -0.467 e. The molecule has 0 saturated carbocycles. The van der Waals surface area contributed by atoms with Crippen LogP contribution in [0.2, 0.25) is 0 Å². The Morgan fingerprint density at radius 2 is 2.02 bits per heavy atom. The van der Waals surface area contributed by atoms with E-state index < -0.39 is 34.5 Å². The highest BCUT2D eigenvalue weighted by Crippen LogP contribution is 2.48. The molecule has 1 aliphatic rings. The van der Waals surface area contributed by atoms with Gasteiger partial charge in [-0.05, 0) is 38.0 Å². The van der Waals surface area contributed by atoms with Gasteiger partial charge >= 0.3 is 12.2 Å². The number of thiophene rings is 1. The number of hydrogen-bond acceptors (Lipinski definition) is 8. The number of fused-ring (bicyclic) bond motifs is 2. The molecule has 1 amide bonds. The Morgan fingerprint density at radius 3 is 2.60 bits per heavy atom. The van der Waals surface area contributed by atoms with Gasteiger partial charge in [-0.15, -0.1) is 11.3 Å². The second-order valence-electron chi connectivity index (χ2n) is 9.99. The first-order chi connectivity index (χ1) is 19.8. The van der Waals surface area contributed by atoms with Gasteiger partial charge in [0.15, 0.2) is 5.82 Å². The van der Waals surface area contributed by atoms with Crippen LogP contribution in [0.4, 0.5) is 32.8 Å². The molecular weight excluding hydrogens is 579 g/mol. The van der Waals surface area contributed by atoms with Crippen molar-refractivity contribution in [2.75, 3.05) is 30.8 Å². The molecule has 14 heteroatoms. The number of amides is 1. The molecule has 220 valence electrons. The molecule has 0 bridgehead atoms. The molecule has 4 aromatic rings. The minimum absolute atomic E-state index is 0.0136. The van der Waals surface area contributed by atoms with Crippen molar-refractivity contribution in [3.8, 4) is 23.2 Å². The zero-order valence-electron chi connectivity index (χ0n) is 22.9. The first-order valence-electron chi connectivity index (χ1n) is 12.9. The quantitative estimate of drug-likeness (QED) is 0.274. The van der Waals surface area contributed by atoms with Crippen molar-refractivity contribution in [1.29, 1.82) is 5.26 Å². The van der Waals surface area contributed by atoms with Gasteiger partial charge in [0.2, 0.25) is 5.91 Å². The fraction of sp³-hybridized carbons (Fsp3) is 0.357. The van der Waals surface area contributed by atoms with Crippen LogP contribution < -0.4 is 15.4 Å². The van der Waals surface area contributed by atoms with Crippen LogP contribution in [0.25, 0.3) is 32.1 Å². The van der Waals surface area contributed by atoms with E-state index in [0.29, 0.717) is 24.3 Å². The molecule has 5 rings (SSSR count). The Bertz CT molecular complexity index is 1780. The molecule has 2 atom stereocenters. The number of likely N-dealkylation sites (N-methyl/N-ethyl adjacent to an activating group) is 1. The number of methoxy groups -OCH3 is 1. The normalized spacial score (nSPS) is 17.2. The Kier molecular flexibility index (Phi) is 7.34. The lowest BCUT2D eigenvalue weighted by Gasteiger charge is -2.30. The molecule has 2 aromatic carbocycles. The Labute approximate surface area is 241 Å². The molecule has 0 spiro atoms.